The van der Waals surface area contributed by atoms with Gasteiger partial charge in [0.15, 0.2) is 5.84 Å². The molecule has 0 spiro atoms. The third-order valence-electron chi connectivity index (χ3n) is 4.12. The van der Waals surface area contributed by atoms with Crippen LogP contribution >= 0.6 is 0 Å². The Kier molecular flexibility index (Phi) is 4.82. The van der Waals surface area contributed by atoms with E-state index < -0.39 is 0 Å². The third-order valence-corrected chi connectivity index (χ3v) is 4.12. The summed E-state index contributed by atoms with van der Waals surface area (Å²) in [6, 6.07) is 1.88. The summed E-state index contributed by atoms with van der Waals surface area (Å²) in [4.78, 5) is 6.56. The Labute approximate surface area is 120 Å². The second kappa shape index (κ2) is 6.59. The Morgan fingerprint density at radius 1 is 1.45 bits per heavy atom. The summed E-state index contributed by atoms with van der Waals surface area (Å²) >= 11 is 0. The Balaban J connectivity index is 2.20. The Morgan fingerprint density at radius 3 is 2.80 bits per heavy atom. The van der Waals surface area contributed by atoms with E-state index in [2.05, 4.69) is 15.0 Å². The molecule has 1 saturated carbocycles. The van der Waals surface area contributed by atoms with Gasteiger partial charge in [0.2, 0.25) is 0 Å². The Bertz CT molecular complexity index is 481. The van der Waals surface area contributed by atoms with Crippen molar-refractivity contribution in [1.29, 1.82) is 0 Å². The Morgan fingerprint density at radius 2 is 2.15 bits per heavy atom. The molecular weight excluding hydrogens is 252 g/mol. The van der Waals surface area contributed by atoms with E-state index in [1.54, 1.807) is 6.20 Å². The minimum atomic E-state index is 0.126. The minimum Gasteiger partial charge on any atom is -0.409 e. The molecule has 1 aliphatic rings. The number of aromatic nitrogens is 1. The fourth-order valence-corrected chi connectivity index (χ4v) is 3.04. The number of oxime groups is 1. The van der Waals surface area contributed by atoms with Gasteiger partial charge in [-0.2, -0.15) is 0 Å². The average Bonchev–Trinajstić information content (AvgIpc) is 2.47. The van der Waals surface area contributed by atoms with Crippen molar-refractivity contribution in [2.45, 2.75) is 39.0 Å². The van der Waals surface area contributed by atoms with Crippen molar-refractivity contribution in [3.8, 4) is 0 Å². The van der Waals surface area contributed by atoms with Crippen LogP contribution in [0.15, 0.2) is 17.4 Å². The predicted molar refractivity (Wildman–Crippen MR) is 81.3 cm³/mol. The maximum Gasteiger partial charge on any atom is 0.174 e. The molecule has 0 atom stereocenters. The monoisotopic (exact) mass is 276 g/mol. The van der Waals surface area contributed by atoms with Crippen LogP contribution in [0.1, 0.15) is 43.2 Å². The maximum absolute atomic E-state index is 8.96. The number of nitrogens with zero attached hydrogens (tertiary/aromatic N) is 3. The maximum atomic E-state index is 8.96. The van der Waals surface area contributed by atoms with Gasteiger partial charge in [-0.3, -0.25) is 0 Å². The van der Waals surface area contributed by atoms with Crippen LogP contribution in [-0.4, -0.2) is 29.6 Å². The van der Waals surface area contributed by atoms with Gasteiger partial charge in [-0.1, -0.05) is 24.4 Å². The van der Waals surface area contributed by atoms with Crippen LogP contribution < -0.4 is 10.6 Å². The molecule has 5 heteroatoms. The zero-order chi connectivity index (χ0) is 14.5. The van der Waals surface area contributed by atoms with E-state index in [4.69, 9.17) is 10.9 Å². The van der Waals surface area contributed by atoms with Crippen LogP contribution in [0.4, 0.5) is 5.82 Å². The predicted octanol–water partition coefficient (Wildman–Crippen LogP) is 2.50. The number of rotatable bonds is 4. The summed E-state index contributed by atoms with van der Waals surface area (Å²) in [6.07, 6.45) is 8.36. The van der Waals surface area contributed by atoms with E-state index in [0.29, 0.717) is 0 Å². The quantitative estimate of drug-likeness (QED) is 0.383. The van der Waals surface area contributed by atoms with Gasteiger partial charge in [-0.15, -0.1) is 0 Å². The standard InChI is InChI=1S/C15H24N4O/c1-11-8-9-17-15(13(11)14(16)18-20)19(2)10-12-6-4-3-5-7-12/h8-9,12,20H,3-7,10H2,1-2H3,(H2,16,18). The fourth-order valence-electron chi connectivity index (χ4n) is 3.04. The lowest BCUT2D eigenvalue weighted by Gasteiger charge is -2.29. The highest BCUT2D eigenvalue weighted by Gasteiger charge is 2.20. The van der Waals surface area contributed by atoms with Gasteiger partial charge < -0.3 is 15.8 Å². The number of aryl methyl sites for hydroxylation is 1. The number of hydrogen-bond donors (Lipinski definition) is 2. The molecule has 0 amide bonds. The highest BCUT2D eigenvalue weighted by Crippen LogP contribution is 2.27. The second-order valence-electron chi connectivity index (χ2n) is 5.70. The van der Waals surface area contributed by atoms with Crippen molar-refractivity contribution >= 4 is 11.7 Å². The Hall–Kier alpha value is -1.78. The first-order valence-corrected chi connectivity index (χ1v) is 7.28. The molecule has 0 aromatic carbocycles. The first-order valence-electron chi connectivity index (χ1n) is 7.28. The van der Waals surface area contributed by atoms with Gasteiger partial charge in [0.1, 0.15) is 5.82 Å². The molecule has 3 N–H and O–H groups in total. The second-order valence-corrected chi connectivity index (χ2v) is 5.70. The highest BCUT2D eigenvalue weighted by atomic mass is 16.4. The van der Waals surface area contributed by atoms with E-state index >= 15 is 0 Å². The summed E-state index contributed by atoms with van der Waals surface area (Å²) in [6.45, 7) is 2.93. The molecule has 0 unspecified atom stereocenters. The number of pyridine rings is 1. The molecule has 20 heavy (non-hydrogen) atoms. The average molecular weight is 276 g/mol. The topological polar surface area (TPSA) is 74.7 Å². The molecule has 1 heterocycles. The van der Waals surface area contributed by atoms with Crippen molar-refractivity contribution in [2.24, 2.45) is 16.8 Å². The van der Waals surface area contributed by atoms with Gasteiger partial charge in [-0.05, 0) is 37.3 Å². The van der Waals surface area contributed by atoms with E-state index in [-0.39, 0.29) is 5.84 Å². The van der Waals surface area contributed by atoms with Gasteiger partial charge in [0.05, 0.1) is 5.56 Å². The van der Waals surface area contributed by atoms with Crippen molar-refractivity contribution in [3.63, 3.8) is 0 Å². The van der Waals surface area contributed by atoms with Crippen molar-refractivity contribution in [2.75, 3.05) is 18.5 Å². The summed E-state index contributed by atoms with van der Waals surface area (Å²) < 4.78 is 0. The number of amidine groups is 1. The third kappa shape index (κ3) is 3.21. The molecule has 1 fully saturated rings. The van der Waals surface area contributed by atoms with Crippen LogP contribution in [0.2, 0.25) is 0 Å². The van der Waals surface area contributed by atoms with Gasteiger partial charge in [0, 0.05) is 19.8 Å². The molecule has 1 aromatic heterocycles. The molecule has 0 radical (unpaired) electrons. The molecule has 0 aliphatic heterocycles. The zero-order valence-electron chi connectivity index (χ0n) is 12.3. The van der Waals surface area contributed by atoms with Crippen molar-refractivity contribution in [1.82, 2.24) is 4.98 Å². The first-order chi connectivity index (χ1) is 9.63. The molecule has 1 aromatic rings. The van der Waals surface area contributed by atoms with E-state index in [1.165, 1.54) is 32.1 Å². The molecule has 0 saturated heterocycles. The largest absolute Gasteiger partial charge is 0.409 e. The first kappa shape index (κ1) is 14.6. The van der Waals surface area contributed by atoms with E-state index in [9.17, 15) is 0 Å². The molecule has 2 rings (SSSR count). The fraction of sp³-hybridized carbons (Fsp3) is 0.600. The van der Waals surface area contributed by atoms with E-state index in [1.807, 2.05) is 20.0 Å². The summed E-state index contributed by atoms with van der Waals surface area (Å²) in [7, 11) is 2.03. The zero-order valence-corrected chi connectivity index (χ0v) is 12.3. The van der Waals surface area contributed by atoms with Crippen LogP contribution in [0.3, 0.4) is 0 Å². The van der Waals surface area contributed by atoms with Crippen LogP contribution in [-0.2, 0) is 0 Å². The smallest absolute Gasteiger partial charge is 0.174 e. The molecule has 0 bridgehead atoms. The van der Waals surface area contributed by atoms with Crippen molar-refractivity contribution < 1.29 is 5.21 Å². The van der Waals surface area contributed by atoms with Crippen molar-refractivity contribution in [3.05, 3.63) is 23.4 Å². The highest BCUT2D eigenvalue weighted by molar-refractivity contribution is 6.02. The lowest BCUT2D eigenvalue weighted by molar-refractivity contribution is 0.318. The van der Waals surface area contributed by atoms with Crippen LogP contribution in [0.5, 0.6) is 0 Å². The van der Waals surface area contributed by atoms with Gasteiger partial charge >= 0.3 is 0 Å². The number of nitrogens with two attached hydrogens (primary N) is 1. The lowest BCUT2D eigenvalue weighted by Crippen LogP contribution is -2.30. The molecule has 5 nitrogen and oxygen atoms in total. The normalized spacial score (nSPS) is 17.2. The van der Waals surface area contributed by atoms with Gasteiger partial charge in [-0.25, -0.2) is 4.98 Å². The summed E-state index contributed by atoms with van der Waals surface area (Å²) in [5, 5.41) is 12.1. The minimum absolute atomic E-state index is 0.126. The molecule has 110 valence electrons. The van der Waals surface area contributed by atoms with Crippen LogP contribution in [0, 0.1) is 12.8 Å². The number of anilines is 1. The van der Waals surface area contributed by atoms with Gasteiger partial charge in [0.25, 0.3) is 0 Å². The van der Waals surface area contributed by atoms with Crippen LogP contribution in [0.25, 0.3) is 0 Å². The van der Waals surface area contributed by atoms with E-state index in [0.717, 1.165) is 29.4 Å². The lowest BCUT2D eigenvalue weighted by atomic mass is 9.89. The summed E-state index contributed by atoms with van der Waals surface area (Å²) in [5.74, 6) is 1.64. The number of hydrogen-bond acceptors (Lipinski definition) is 4. The molecule has 1 aliphatic carbocycles. The summed E-state index contributed by atoms with van der Waals surface area (Å²) in [5.41, 5.74) is 7.50. The SMILES string of the molecule is Cc1ccnc(N(C)CC2CCCCC2)c1/C(N)=N/O. The molecular formula is C15H24N4O.